The van der Waals surface area contributed by atoms with Gasteiger partial charge in [-0.05, 0) is 38.0 Å². The second kappa shape index (κ2) is 7.92. The van der Waals surface area contributed by atoms with E-state index in [9.17, 15) is 0 Å². The third-order valence-electron chi connectivity index (χ3n) is 4.86. The summed E-state index contributed by atoms with van der Waals surface area (Å²) in [6.45, 7) is 7.13. The lowest BCUT2D eigenvalue weighted by Crippen LogP contribution is -2.24. The molecule has 3 aromatic rings. The Balaban J connectivity index is 1.57. The van der Waals surface area contributed by atoms with Crippen LogP contribution < -0.4 is 9.64 Å². The maximum Gasteiger partial charge on any atom is 0.140 e. The van der Waals surface area contributed by atoms with E-state index in [-0.39, 0.29) is 6.10 Å². The molecule has 2 heterocycles. The SMILES string of the molecule is CCOC1CCN(c2nc(C)nc3cc(OCc4ccccc4)ccc23)C1. The summed E-state index contributed by atoms with van der Waals surface area (Å²) in [5.74, 6) is 2.59. The second-order valence-corrected chi connectivity index (χ2v) is 6.86. The van der Waals surface area contributed by atoms with Crippen molar-refractivity contribution in [2.75, 3.05) is 24.6 Å². The minimum Gasteiger partial charge on any atom is -0.489 e. The lowest BCUT2D eigenvalue weighted by molar-refractivity contribution is 0.0787. The van der Waals surface area contributed by atoms with Crippen LogP contribution in [0.3, 0.4) is 0 Å². The molecular weight excluding hydrogens is 338 g/mol. The van der Waals surface area contributed by atoms with E-state index in [4.69, 9.17) is 14.5 Å². The van der Waals surface area contributed by atoms with Crippen molar-refractivity contribution in [3.8, 4) is 5.75 Å². The zero-order valence-corrected chi connectivity index (χ0v) is 15.9. The van der Waals surface area contributed by atoms with E-state index in [1.54, 1.807) is 0 Å². The highest BCUT2D eigenvalue weighted by Crippen LogP contribution is 2.30. The summed E-state index contributed by atoms with van der Waals surface area (Å²) in [4.78, 5) is 11.7. The molecule has 1 fully saturated rings. The molecule has 0 N–H and O–H groups in total. The minimum atomic E-state index is 0.286. The molecule has 1 aromatic heterocycles. The molecule has 1 saturated heterocycles. The Morgan fingerprint density at radius 1 is 1.11 bits per heavy atom. The quantitative estimate of drug-likeness (QED) is 0.659. The van der Waals surface area contributed by atoms with Crippen LogP contribution in [0.5, 0.6) is 5.75 Å². The number of anilines is 1. The topological polar surface area (TPSA) is 47.5 Å². The number of hydrogen-bond acceptors (Lipinski definition) is 5. The molecule has 4 rings (SSSR count). The van der Waals surface area contributed by atoms with E-state index in [1.807, 2.05) is 44.2 Å². The number of rotatable bonds is 6. The van der Waals surface area contributed by atoms with Gasteiger partial charge in [0.05, 0.1) is 11.6 Å². The lowest BCUT2D eigenvalue weighted by Gasteiger charge is -2.20. The Morgan fingerprint density at radius 2 is 1.96 bits per heavy atom. The molecule has 1 atom stereocenters. The lowest BCUT2D eigenvalue weighted by atomic mass is 10.2. The highest BCUT2D eigenvalue weighted by Gasteiger charge is 2.25. The van der Waals surface area contributed by atoms with Crippen molar-refractivity contribution in [1.82, 2.24) is 9.97 Å². The maximum atomic E-state index is 5.96. The predicted octanol–water partition coefficient (Wildman–Crippen LogP) is 4.13. The molecule has 2 aromatic carbocycles. The largest absolute Gasteiger partial charge is 0.489 e. The van der Waals surface area contributed by atoms with Crippen molar-refractivity contribution in [1.29, 1.82) is 0 Å². The average Bonchev–Trinajstić information content (AvgIpc) is 3.15. The van der Waals surface area contributed by atoms with Gasteiger partial charge in [0.2, 0.25) is 0 Å². The molecule has 5 nitrogen and oxygen atoms in total. The summed E-state index contributed by atoms with van der Waals surface area (Å²) in [7, 11) is 0. The van der Waals surface area contributed by atoms with Crippen molar-refractivity contribution >= 4 is 16.7 Å². The van der Waals surface area contributed by atoms with Crippen LogP contribution in [0.25, 0.3) is 10.9 Å². The summed E-state index contributed by atoms with van der Waals surface area (Å²) in [5.41, 5.74) is 2.07. The minimum absolute atomic E-state index is 0.286. The van der Waals surface area contributed by atoms with Crippen LogP contribution in [0.4, 0.5) is 5.82 Å². The summed E-state index contributed by atoms with van der Waals surface area (Å²) < 4.78 is 11.7. The van der Waals surface area contributed by atoms with E-state index >= 15 is 0 Å². The van der Waals surface area contributed by atoms with E-state index in [0.717, 1.165) is 60.0 Å². The van der Waals surface area contributed by atoms with Gasteiger partial charge in [0, 0.05) is 31.1 Å². The van der Waals surface area contributed by atoms with Gasteiger partial charge in [-0.25, -0.2) is 9.97 Å². The van der Waals surface area contributed by atoms with E-state index in [1.165, 1.54) is 0 Å². The zero-order valence-electron chi connectivity index (χ0n) is 15.9. The number of ether oxygens (including phenoxy) is 2. The van der Waals surface area contributed by atoms with Crippen LogP contribution in [-0.2, 0) is 11.3 Å². The van der Waals surface area contributed by atoms with Gasteiger partial charge in [0.1, 0.15) is 24.0 Å². The van der Waals surface area contributed by atoms with Gasteiger partial charge in [-0.3, -0.25) is 0 Å². The standard InChI is InChI=1S/C22H25N3O2/c1-3-26-19-11-12-25(14-19)22-20-10-9-18(13-21(20)23-16(2)24-22)27-15-17-7-5-4-6-8-17/h4-10,13,19H,3,11-12,14-15H2,1-2H3. The van der Waals surface area contributed by atoms with Gasteiger partial charge in [-0.2, -0.15) is 0 Å². The number of nitrogens with zero attached hydrogens (tertiary/aromatic N) is 3. The molecule has 140 valence electrons. The van der Waals surface area contributed by atoms with E-state index in [2.05, 4.69) is 28.1 Å². The van der Waals surface area contributed by atoms with Gasteiger partial charge >= 0.3 is 0 Å². The number of fused-ring (bicyclic) bond motifs is 1. The van der Waals surface area contributed by atoms with Gasteiger partial charge in [-0.1, -0.05) is 30.3 Å². The van der Waals surface area contributed by atoms with Crippen LogP contribution in [0, 0.1) is 6.92 Å². The van der Waals surface area contributed by atoms with E-state index < -0.39 is 0 Å². The molecule has 5 heteroatoms. The van der Waals surface area contributed by atoms with Gasteiger partial charge in [0.25, 0.3) is 0 Å². The van der Waals surface area contributed by atoms with Crippen LogP contribution in [0.15, 0.2) is 48.5 Å². The Kier molecular flexibility index (Phi) is 5.21. The fraction of sp³-hybridized carbons (Fsp3) is 0.364. The third-order valence-corrected chi connectivity index (χ3v) is 4.86. The third kappa shape index (κ3) is 4.03. The molecule has 1 unspecified atom stereocenters. The summed E-state index contributed by atoms with van der Waals surface area (Å²) in [6.07, 6.45) is 1.32. The van der Waals surface area contributed by atoms with Crippen molar-refractivity contribution < 1.29 is 9.47 Å². The first kappa shape index (κ1) is 17.7. The van der Waals surface area contributed by atoms with Crippen molar-refractivity contribution in [2.45, 2.75) is 33.0 Å². The summed E-state index contributed by atoms with van der Waals surface area (Å²) in [5, 5.41) is 1.06. The number of hydrogen-bond donors (Lipinski definition) is 0. The van der Waals surface area contributed by atoms with Gasteiger partial charge < -0.3 is 14.4 Å². The molecule has 0 spiro atoms. The molecular formula is C22H25N3O2. The highest BCUT2D eigenvalue weighted by molar-refractivity contribution is 5.90. The molecule has 0 bridgehead atoms. The van der Waals surface area contributed by atoms with Gasteiger partial charge in [0.15, 0.2) is 0 Å². The molecule has 0 amide bonds. The number of aromatic nitrogens is 2. The van der Waals surface area contributed by atoms with Crippen LogP contribution in [0.2, 0.25) is 0 Å². The Labute approximate surface area is 160 Å². The fourth-order valence-electron chi connectivity index (χ4n) is 3.57. The van der Waals surface area contributed by atoms with E-state index in [0.29, 0.717) is 6.61 Å². The molecule has 0 radical (unpaired) electrons. The second-order valence-electron chi connectivity index (χ2n) is 6.86. The Bertz CT molecular complexity index is 914. The number of benzene rings is 2. The smallest absolute Gasteiger partial charge is 0.140 e. The average molecular weight is 363 g/mol. The fourth-order valence-corrected chi connectivity index (χ4v) is 3.57. The Morgan fingerprint density at radius 3 is 2.78 bits per heavy atom. The van der Waals surface area contributed by atoms with Crippen molar-refractivity contribution in [3.05, 3.63) is 59.9 Å². The maximum absolute atomic E-state index is 5.96. The number of aryl methyl sites for hydroxylation is 1. The first-order valence-electron chi connectivity index (χ1n) is 9.54. The van der Waals surface area contributed by atoms with Crippen LogP contribution >= 0.6 is 0 Å². The monoisotopic (exact) mass is 363 g/mol. The first-order valence-corrected chi connectivity index (χ1v) is 9.54. The molecule has 0 aliphatic carbocycles. The summed E-state index contributed by atoms with van der Waals surface area (Å²) in [6, 6.07) is 16.3. The zero-order chi connectivity index (χ0) is 18.6. The highest BCUT2D eigenvalue weighted by atomic mass is 16.5. The first-order chi connectivity index (χ1) is 13.2. The normalized spacial score (nSPS) is 16.8. The Hall–Kier alpha value is -2.66. The van der Waals surface area contributed by atoms with Gasteiger partial charge in [-0.15, -0.1) is 0 Å². The van der Waals surface area contributed by atoms with Crippen LogP contribution in [0.1, 0.15) is 24.7 Å². The van der Waals surface area contributed by atoms with Crippen molar-refractivity contribution in [2.24, 2.45) is 0 Å². The van der Waals surface area contributed by atoms with Crippen LogP contribution in [-0.4, -0.2) is 35.8 Å². The molecule has 0 saturated carbocycles. The molecule has 1 aliphatic heterocycles. The molecule has 27 heavy (non-hydrogen) atoms. The summed E-state index contributed by atoms with van der Waals surface area (Å²) >= 11 is 0. The molecule has 1 aliphatic rings. The predicted molar refractivity (Wildman–Crippen MR) is 107 cm³/mol. The van der Waals surface area contributed by atoms with Crippen molar-refractivity contribution in [3.63, 3.8) is 0 Å².